The number of carbonyl (C=O) groups is 3. The minimum absolute atomic E-state index is 0.407. The lowest BCUT2D eigenvalue weighted by molar-refractivity contribution is -0.122. The first kappa shape index (κ1) is 14.1. The molecule has 1 aliphatic heterocycles. The van der Waals surface area contributed by atoms with E-state index in [-0.39, 0.29) is 0 Å². The third-order valence-electron chi connectivity index (χ3n) is 3.64. The summed E-state index contributed by atoms with van der Waals surface area (Å²) in [4.78, 5) is 38.2. The highest BCUT2D eigenvalue weighted by molar-refractivity contribution is 6.27. The molecule has 0 radical (unpaired) electrons. The van der Waals surface area contributed by atoms with Gasteiger partial charge in [0, 0.05) is 37.5 Å². The van der Waals surface area contributed by atoms with E-state index in [4.69, 9.17) is 0 Å². The SMILES string of the molecule is CC(=O)NN1C(=O)c2cccc3c(N(C)C)ccc(c23)C1=O. The van der Waals surface area contributed by atoms with Gasteiger partial charge in [-0.2, -0.15) is 5.01 Å². The molecule has 2 aromatic carbocycles. The van der Waals surface area contributed by atoms with Crippen LogP contribution in [-0.2, 0) is 4.79 Å². The van der Waals surface area contributed by atoms with Crippen LogP contribution in [0.25, 0.3) is 10.8 Å². The van der Waals surface area contributed by atoms with Gasteiger partial charge < -0.3 is 4.90 Å². The molecule has 0 saturated carbocycles. The first-order valence-corrected chi connectivity index (χ1v) is 6.81. The van der Waals surface area contributed by atoms with Crippen LogP contribution in [-0.4, -0.2) is 36.8 Å². The molecule has 1 N–H and O–H groups in total. The second kappa shape index (κ2) is 4.84. The van der Waals surface area contributed by atoms with Crippen LogP contribution in [0.1, 0.15) is 27.6 Å². The van der Waals surface area contributed by atoms with Gasteiger partial charge >= 0.3 is 0 Å². The predicted octanol–water partition coefficient (Wildman–Crippen LogP) is 1.55. The summed E-state index contributed by atoms with van der Waals surface area (Å²) in [6.07, 6.45) is 0. The maximum absolute atomic E-state index is 12.5. The van der Waals surface area contributed by atoms with Gasteiger partial charge in [-0.05, 0) is 18.2 Å². The van der Waals surface area contributed by atoms with Crippen LogP contribution in [0, 0.1) is 0 Å². The Hall–Kier alpha value is -2.89. The summed E-state index contributed by atoms with van der Waals surface area (Å²) < 4.78 is 0. The number of hydrogen-bond donors (Lipinski definition) is 1. The van der Waals surface area contributed by atoms with Crippen LogP contribution >= 0.6 is 0 Å². The third kappa shape index (κ3) is 1.92. The second-order valence-corrected chi connectivity index (χ2v) is 5.37. The van der Waals surface area contributed by atoms with E-state index in [2.05, 4.69) is 5.43 Å². The molecule has 1 aliphatic rings. The highest BCUT2D eigenvalue weighted by Crippen LogP contribution is 2.34. The van der Waals surface area contributed by atoms with Crippen LogP contribution < -0.4 is 10.3 Å². The Kier molecular flexibility index (Phi) is 3.09. The lowest BCUT2D eigenvalue weighted by atomic mass is 9.93. The number of benzene rings is 2. The molecular weight excluding hydrogens is 282 g/mol. The molecule has 0 unspecified atom stereocenters. The first-order chi connectivity index (χ1) is 10.4. The Morgan fingerprint density at radius 2 is 1.68 bits per heavy atom. The molecule has 0 saturated heterocycles. The Labute approximate surface area is 127 Å². The highest BCUT2D eigenvalue weighted by atomic mass is 16.2. The molecule has 3 amide bonds. The fourth-order valence-corrected chi connectivity index (χ4v) is 2.73. The van der Waals surface area contributed by atoms with Crippen molar-refractivity contribution in [2.75, 3.05) is 19.0 Å². The van der Waals surface area contributed by atoms with Gasteiger partial charge in [-0.15, -0.1) is 0 Å². The molecule has 2 aromatic rings. The molecule has 6 heteroatoms. The van der Waals surface area contributed by atoms with Crippen molar-refractivity contribution in [3.05, 3.63) is 41.5 Å². The van der Waals surface area contributed by atoms with Crippen molar-refractivity contribution < 1.29 is 14.4 Å². The van der Waals surface area contributed by atoms with Gasteiger partial charge in [0.2, 0.25) is 5.91 Å². The normalized spacial score (nSPS) is 13.5. The zero-order valence-corrected chi connectivity index (χ0v) is 12.5. The van der Waals surface area contributed by atoms with Crippen molar-refractivity contribution in [1.29, 1.82) is 0 Å². The zero-order chi connectivity index (χ0) is 16.0. The van der Waals surface area contributed by atoms with E-state index in [1.54, 1.807) is 18.2 Å². The Morgan fingerprint density at radius 1 is 1.05 bits per heavy atom. The van der Waals surface area contributed by atoms with Gasteiger partial charge in [0.15, 0.2) is 0 Å². The van der Waals surface area contributed by atoms with Crippen LogP contribution in [0.5, 0.6) is 0 Å². The molecule has 0 spiro atoms. The highest BCUT2D eigenvalue weighted by Gasteiger charge is 2.34. The van der Waals surface area contributed by atoms with Crippen LogP contribution in [0.2, 0.25) is 0 Å². The lowest BCUT2D eigenvalue weighted by Crippen LogP contribution is -2.51. The number of rotatable bonds is 2. The van der Waals surface area contributed by atoms with Crippen molar-refractivity contribution in [2.24, 2.45) is 0 Å². The first-order valence-electron chi connectivity index (χ1n) is 6.81. The Balaban J connectivity index is 2.30. The van der Waals surface area contributed by atoms with E-state index < -0.39 is 17.7 Å². The number of hydrazine groups is 1. The number of anilines is 1. The van der Waals surface area contributed by atoms with Crippen molar-refractivity contribution in [3.8, 4) is 0 Å². The van der Waals surface area contributed by atoms with Crippen LogP contribution in [0.15, 0.2) is 30.3 Å². The minimum atomic E-state index is -0.519. The van der Waals surface area contributed by atoms with E-state index in [9.17, 15) is 14.4 Å². The second-order valence-electron chi connectivity index (χ2n) is 5.37. The smallest absolute Gasteiger partial charge is 0.280 e. The van der Waals surface area contributed by atoms with Gasteiger partial charge in [0.1, 0.15) is 0 Å². The molecular formula is C16H15N3O3. The van der Waals surface area contributed by atoms with E-state index in [1.807, 2.05) is 31.1 Å². The van der Waals surface area contributed by atoms with Gasteiger partial charge in [-0.25, -0.2) is 0 Å². The predicted molar refractivity (Wildman–Crippen MR) is 82.6 cm³/mol. The summed E-state index contributed by atoms with van der Waals surface area (Å²) in [6, 6.07) is 8.83. The van der Waals surface area contributed by atoms with Crippen LogP contribution in [0.4, 0.5) is 5.69 Å². The number of carbonyl (C=O) groups excluding carboxylic acids is 3. The molecule has 0 atom stereocenters. The van der Waals surface area contributed by atoms with Crippen LogP contribution in [0.3, 0.4) is 0 Å². The average molecular weight is 297 g/mol. The van der Waals surface area contributed by atoms with E-state index >= 15 is 0 Å². The summed E-state index contributed by atoms with van der Waals surface area (Å²) in [5.41, 5.74) is 4.03. The molecule has 0 aromatic heterocycles. The van der Waals surface area contributed by atoms with Crippen molar-refractivity contribution in [1.82, 2.24) is 10.4 Å². The molecule has 3 rings (SSSR count). The topological polar surface area (TPSA) is 69.7 Å². The number of nitrogens with one attached hydrogen (secondary N) is 1. The maximum Gasteiger partial charge on any atom is 0.280 e. The van der Waals surface area contributed by atoms with Crippen molar-refractivity contribution in [3.63, 3.8) is 0 Å². The fourth-order valence-electron chi connectivity index (χ4n) is 2.73. The summed E-state index contributed by atoms with van der Waals surface area (Å²) in [5, 5.41) is 2.24. The quantitative estimate of drug-likeness (QED) is 0.854. The van der Waals surface area contributed by atoms with Gasteiger partial charge in [-0.1, -0.05) is 12.1 Å². The molecule has 22 heavy (non-hydrogen) atoms. The number of imide groups is 1. The van der Waals surface area contributed by atoms with E-state index in [0.29, 0.717) is 16.5 Å². The standard InChI is InChI=1S/C16H15N3O3/c1-9(20)17-19-15(21)11-6-4-5-10-13(18(2)3)8-7-12(14(10)11)16(19)22/h4-8H,1-3H3,(H,17,20). The van der Waals surface area contributed by atoms with E-state index in [0.717, 1.165) is 16.1 Å². The van der Waals surface area contributed by atoms with Crippen molar-refractivity contribution in [2.45, 2.75) is 6.92 Å². The van der Waals surface area contributed by atoms with Gasteiger partial charge in [-0.3, -0.25) is 19.8 Å². The summed E-state index contributed by atoms with van der Waals surface area (Å²) >= 11 is 0. The van der Waals surface area contributed by atoms with Gasteiger partial charge in [0.05, 0.1) is 11.1 Å². The fraction of sp³-hybridized carbons (Fsp3) is 0.188. The van der Waals surface area contributed by atoms with Crippen molar-refractivity contribution >= 4 is 34.2 Å². The molecule has 0 fully saturated rings. The molecule has 0 aliphatic carbocycles. The molecule has 6 nitrogen and oxygen atoms in total. The zero-order valence-electron chi connectivity index (χ0n) is 12.5. The molecule has 1 heterocycles. The van der Waals surface area contributed by atoms with E-state index in [1.165, 1.54) is 6.92 Å². The average Bonchev–Trinajstić information content (AvgIpc) is 2.48. The number of amides is 3. The number of nitrogens with zero attached hydrogens (tertiary/aromatic N) is 2. The lowest BCUT2D eigenvalue weighted by Gasteiger charge is -2.28. The minimum Gasteiger partial charge on any atom is -0.377 e. The Bertz CT molecular complexity index is 804. The summed E-state index contributed by atoms with van der Waals surface area (Å²) in [7, 11) is 3.81. The Morgan fingerprint density at radius 3 is 2.27 bits per heavy atom. The summed E-state index contributed by atoms with van der Waals surface area (Å²) in [6.45, 7) is 1.26. The third-order valence-corrected chi connectivity index (χ3v) is 3.64. The van der Waals surface area contributed by atoms with Gasteiger partial charge in [0.25, 0.3) is 11.8 Å². The monoisotopic (exact) mass is 297 g/mol. The summed E-state index contributed by atoms with van der Waals surface area (Å²) in [5.74, 6) is -1.51. The molecule has 112 valence electrons. The largest absolute Gasteiger partial charge is 0.377 e. The number of hydrogen-bond acceptors (Lipinski definition) is 4. The molecule has 0 bridgehead atoms. The maximum atomic E-state index is 12.5.